The molecule has 0 fully saturated rings. The van der Waals surface area contributed by atoms with Crippen molar-refractivity contribution in [2.75, 3.05) is 27.4 Å². The molecular formula is C31H32O10S2. The first kappa shape index (κ1) is 31.8. The topological polar surface area (TPSA) is 146 Å². The molecule has 0 saturated carbocycles. The maximum atomic E-state index is 12.6. The van der Waals surface area contributed by atoms with Gasteiger partial charge in [-0.15, -0.1) is 22.7 Å². The Hall–Kier alpha value is -4.16. The highest BCUT2D eigenvalue weighted by Gasteiger charge is 2.21. The highest BCUT2D eigenvalue weighted by atomic mass is 32.1. The lowest BCUT2D eigenvalue weighted by Crippen LogP contribution is -2.13. The number of ether oxygens (including phenoxy) is 4. The third-order valence-electron chi connectivity index (χ3n) is 6.78. The summed E-state index contributed by atoms with van der Waals surface area (Å²) in [6, 6.07) is 10.7. The lowest BCUT2D eigenvalue weighted by atomic mass is 10.0. The summed E-state index contributed by atoms with van der Waals surface area (Å²) in [6.45, 7) is 3.65. The Kier molecular flexibility index (Phi) is 10.3. The molecule has 0 aliphatic heterocycles. The molecule has 0 aliphatic carbocycles. The summed E-state index contributed by atoms with van der Waals surface area (Å²) in [5, 5.41) is 19.8. The summed E-state index contributed by atoms with van der Waals surface area (Å²) in [6.07, 6.45) is 0.388. The molecule has 2 aromatic carbocycles. The predicted molar refractivity (Wildman–Crippen MR) is 164 cm³/mol. The lowest BCUT2D eigenvalue weighted by molar-refractivity contribution is -0.141. The number of methoxy groups -OCH3 is 2. The standard InChI is InChI=1S/C31H32O10S2/c1-16(30(34)35)8-20(32)28-12-18-10-24(22(38-3)14-26(18)42-28)40-6-5-7-41-25-11-19-13-29(21(33)9-17(2)31(36)37)43-27(19)15-23(25)39-4/h10-17H,5-9H2,1-4H3,(H,34,35)(H,36,37)/t16-,17+. The molecule has 0 bridgehead atoms. The predicted octanol–water partition coefficient (Wildman–Crippen LogP) is 6.57. The van der Waals surface area contributed by atoms with E-state index < -0.39 is 23.8 Å². The smallest absolute Gasteiger partial charge is 0.306 e. The number of hydrogen-bond donors (Lipinski definition) is 2. The molecule has 4 aromatic rings. The normalized spacial score (nSPS) is 12.6. The maximum Gasteiger partial charge on any atom is 0.306 e. The van der Waals surface area contributed by atoms with E-state index in [-0.39, 0.29) is 24.4 Å². The Balaban J connectivity index is 1.38. The van der Waals surface area contributed by atoms with Gasteiger partial charge in [0.25, 0.3) is 0 Å². The Morgan fingerprint density at radius 3 is 1.40 bits per heavy atom. The Morgan fingerprint density at radius 2 is 1.05 bits per heavy atom. The molecular weight excluding hydrogens is 596 g/mol. The van der Waals surface area contributed by atoms with Gasteiger partial charge < -0.3 is 29.2 Å². The minimum atomic E-state index is -1.01. The highest BCUT2D eigenvalue weighted by molar-refractivity contribution is 7.21. The van der Waals surface area contributed by atoms with Crippen LogP contribution in [0.25, 0.3) is 20.2 Å². The monoisotopic (exact) mass is 628 g/mol. The van der Waals surface area contributed by atoms with Crippen molar-refractivity contribution in [1.29, 1.82) is 0 Å². The number of carboxylic acid groups (broad SMARTS) is 2. The van der Waals surface area contributed by atoms with Crippen molar-refractivity contribution in [3.8, 4) is 23.0 Å². The van der Waals surface area contributed by atoms with Gasteiger partial charge in [-0.2, -0.15) is 0 Å². The zero-order chi connectivity index (χ0) is 31.3. The van der Waals surface area contributed by atoms with E-state index in [1.54, 1.807) is 36.4 Å². The molecule has 2 heterocycles. The molecule has 2 N–H and O–H groups in total. The number of thiophene rings is 2. The number of Topliss-reactive ketones (excluding diaryl/α,β-unsaturated/α-hetero) is 2. The zero-order valence-electron chi connectivity index (χ0n) is 24.1. The largest absolute Gasteiger partial charge is 0.493 e. The molecule has 0 saturated heterocycles. The molecule has 2 aromatic heterocycles. The second-order valence-electron chi connectivity index (χ2n) is 10.1. The average Bonchev–Trinajstić information content (AvgIpc) is 3.59. The van der Waals surface area contributed by atoms with E-state index in [9.17, 15) is 19.2 Å². The van der Waals surface area contributed by atoms with Crippen LogP contribution < -0.4 is 18.9 Å². The van der Waals surface area contributed by atoms with E-state index in [2.05, 4.69) is 0 Å². The van der Waals surface area contributed by atoms with Gasteiger partial charge in [0.1, 0.15) is 0 Å². The molecule has 0 spiro atoms. The third kappa shape index (κ3) is 7.63. The Morgan fingerprint density at radius 1 is 0.651 bits per heavy atom. The van der Waals surface area contributed by atoms with Crippen molar-refractivity contribution in [3.63, 3.8) is 0 Å². The molecule has 228 valence electrons. The van der Waals surface area contributed by atoms with Gasteiger partial charge in [0.15, 0.2) is 34.6 Å². The summed E-state index contributed by atoms with van der Waals surface area (Å²) in [4.78, 5) is 48.4. The highest BCUT2D eigenvalue weighted by Crippen LogP contribution is 2.39. The molecule has 2 atom stereocenters. The first-order valence-electron chi connectivity index (χ1n) is 13.5. The fourth-order valence-corrected chi connectivity index (χ4v) is 6.31. The van der Waals surface area contributed by atoms with E-state index in [0.717, 1.165) is 20.2 Å². The molecule has 0 amide bonds. The molecule has 10 nitrogen and oxygen atoms in total. The van der Waals surface area contributed by atoms with Crippen molar-refractivity contribution >= 4 is 66.4 Å². The summed E-state index contributed by atoms with van der Waals surface area (Å²) in [5.74, 6) is -1.93. The number of hydrogen-bond acceptors (Lipinski definition) is 10. The second-order valence-corrected chi connectivity index (χ2v) is 12.3. The van der Waals surface area contributed by atoms with Gasteiger partial charge in [-0.05, 0) is 35.0 Å². The summed E-state index contributed by atoms with van der Waals surface area (Å²) in [5.41, 5.74) is 0. The van der Waals surface area contributed by atoms with Crippen LogP contribution in [0, 0.1) is 11.8 Å². The van der Waals surface area contributed by atoms with Crippen LogP contribution >= 0.6 is 22.7 Å². The van der Waals surface area contributed by atoms with Crippen LogP contribution in [0.5, 0.6) is 23.0 Å². The van der Waals surface area contributed by atoms with E-state index in [1.165, 1.54) is 50.7 Å². The SMILES string of the molecule is COc1cc2sc(C(=O)C[C@@H](C)C(=O)O)cc2cc1OCCCOc1cc2cc(C(=O)C[C@H](C)C(=O)O)sc2cc1OC. The van der Waals surface area contributed by atoms with Crippen molar-refractivity contribution in [2.24, 2.45) is 11.8 Å². The molecule has 12 heteroatoms. The van der Waals surface area contributed by atoms with Crippen LogP contribution in [-0.2, 0) is 9.59 Å². The number of carbonyl (C=O) groups is 4. The van der Waals surface area contributed by atoms with Crippen LogP contribution in [0.3, 0.4) is 0 Å². The number of carbonyl (C=O) groups excluding carboxylic acids is 2. The van der Waals surface area contributed by atoms with Crippen molar-refractivity contribution < 1.29 is 48.3 Å². The fourth-order valence-electron chi connectivity index (χ4n) is 4.27. The summed E-state index contributed by atoms with van der Waals surface area (Å²) >= 11 is 2.57. The van der Waals surface area contributed by atoms with Gasteiger partial charge in [-0.25, -0.2) is 0 Å². The minimum Gasteiger partial charge on any atom is -0.493 e. The van der Waals surface area contributed by atoms with Gasteiger partial charge in [-0.1, -0.05) is 13.8 Å². The fraction of sp³-hybridized carbons (Fsp3) is 0.355. The van der Waals surface area contributed by atoms with Crippen LogP contribution in [0.4, 0.5) is 0 Å². The van der Waals surface area contributed by atoms with Crippen molar-refractivity contribution in [1.82, 2.24) is 0 Å². The summed E-state index contributed by atoms with van der Waals surface area (Å²) in [7, 11) is 3.06. The van der Waals surface area contributed by atoms with Gasteiger partial charge >= 0.3 is 11.9 Å². The number of aliphatic carboxylic acids is 2. The quantitative estimate of drug-likeness (QED) is 0.103. The minimum absolute atomic E-state index is 0.0713. The van der Waals surface area contributed by atoms with E-state index >= 15 is 0 Å². The van der Waals surface area contributed by atoms with Crippen LogP contribution in [-0.4, -0.2) is 61.2 Å². The maximum absolute atomic E-state index is 12.6. The Labute approximate surface area is 255 Å². The number of ketones is 2. The average molecular weight is 629 g/mol. The van der Waals surface area contributed by atoms with Gasteiger partial charge in [0, 0.05) is 40.8 Å². The van der Waals surface area contributed by atoms with E-state index in [1.807, 2.05) is 0 Å². The summed E-state index contributed by atoms with van der Waals surface area (Å²) < 4.78 is 24.6. The van der Waals surface area contributed by atoms with Crippen molar-refractivity contribution in [3.05, 3.63) is 46.2 Å². The van der Waals surface area contributed by atoms with E-state index in [0.29, 0.717) is 52.4 Å². The lowest BCUT2D eigenvalue weighted by Gasteiger charge is -2.13. The van der Waals surface area contributed by atoms with Gasteiger partial charge in [0.05, 0.1) is 49.0 Å². The van der Waals surface area contributed by atoms with Gasteiger partial charge in [0.2, 0.25) is 0 Å². The third-order valence-corrected chi connectivity index (χ3v) is 9.06. The number of fused-ring (bicyclic) bond motifs is 2. The molecule has 43 heavy (non-hydrogen) atoms. The number of benzene rings is 2. The first-order valence-corrected chi connectivity index (χ1v) is 15.1. The molecule has 0 radical (unpaired) electrons. The van der Waals surface area contributed by atoms with Gasteiger partial charge in [-0.3, -0.25) is 19.2 Å². The molecule has 0 unspecified atom stereocenters. The van der Waals surface area contributed by atoms with Crippen LogP contribution in [0.1, 0.15) is 52.5 Å². The zero-order valence-corrected chi connectivity index (χ0v) is 25.8. The Bertz CT molecular complexity index is 1550. The van der Waals surface area contributed by atoms with Crippen LogP contribution in [0.15, 0.2) is 36.4 Å². The molecule has 0 aliphatic rings. The van der Waals surface area contributed by atoms with Crippen molar-refractivity contribution in [2.45, 2.75) is 33.1 Å². The van der Waals surface area contributed by atoms with Crippen LogP contribution in [0.2, 0.25) is 0 Å². The second kappa shape index (κ2) is 13.9. The molecule has 4 rings (SSSR count). The number of rotatable bonds is 16. The number of carboxylic acids is 2. The first-order chi connectivity index (χ1) is 20.5. The van der Waals surface area contributed by atoms with E-state index in [4.69, 9.17) is 29.2 Å².